The number of amides is 1. The van der Waals surface area contributed by atoms with Crippen LogP contribution in [0, 0.1) is 30.2 Å². The van der Waals surface area contributed by atoms with Crippen LogP contribution in [0.4, 0.5) is 34.9 Å². The smallest absolute Gasteiger partial charge is 0.274 e. The topological polar surface area (TPSA) is 66.9 Å². The summed E-state index contributed by atoms with van der Waals surface area (Å²) in [6.07, 6.45) is 0. The van der Waals surface area contributed by atoms with Crippen LogP contribution >= 0.6 is 0 Å². The second-order valence-corrected chi connectivity index (χ2v) is 5.53. The molecular formula is C18H12F4N4O. The van der Waals surface area contributed by atoms with Crippen LogP contribution in [0.3, 0.4) is 0 Å². The van der Waals surface area contributed by atoms with Crippen molar-refractivity contribution in [2.75, 3.05) is 10.6 Å². The Labute approximate surface area is 151 Å². The summed E-state index contributed by atoms with van der Waals surface area (Å²) in [4.78, 5) is 20.4. The van der Waals surface area contributed by atoms with Crippen LogP contribution in [0.15, 0.2) is 42.5 Å². The molecule has 0 atom stereocenters. The molecule has 5 nitrogen and oxygen atoms in total. The van der Waals surface area contributed by atoms with Gasteiger partial charge in [0.05, 0.1) is 5.69 Å². The molecule has 3 rings (SSSR count). The third-order valence-corrected chi connectivity index (χ3v) is 3.47. The van der Waals surface area contributed by atoms with E-state index in [1.807, 2.05) is 0 Å². The van der Waals surface area contributed by atoms with Gasteiger partial charge in [-0.3, -0.25) is 4.79 Å². The van der Waals surface area contributed by atoms with Gasteiger partial charge in [-0.2, -0.15) is 0 Å². The van der Waals surface area contributed by atoms with Crippen molar-refractivity contribution in [3.63, 3.8) is 0 Å². The quantitative estimate of drug-likeness (QED) is 0.525. The molecular weight excluding hydrogens is 364 g/mol. The monoisotopic (exact) mass is 376 g/mol. The van der Waals surface area contributed by atoms with E-state index in [-0.39, 0.29) is 11.6 Å². The van der Waals surface area contributed by atoms with E-state index in [2.05, 4.69) is 20.6 Å². The Hall–Kier alpha value is -3.49. The number of rotatable bonds is 4. The largest absolute Gasteiger partial charge is 0.324 e. The zero-order chi connectivity index (χ0) is 19.6. The molecule has 3 aromatic rings. The van der Waals surface area contributed by atoms with E-state index in [1.165, 1.54) is 30.3 Å². The number of nitrogens with zero attached hydrogens (tertiary/aromatic N) is 2. The molecule has 0 bridgehead atoms. The Morgan fingerprint density at radius 3 is 2.33 bits per heavy atom. The fourth-order valence-electron chi connectivity index (χ4n) is 2.21. The summed E-state index contributed by atoms with van der Waals surface area (Å²) in [5, 5.41) is 4.94. The first-order valence-electron chi connectivity index (χ1n) is 7.66. The Bertz CT molecular complexity index is 1010. The number of carbonyl (C=O) groups excluding carboxylic acids is 1. The van der Waals surface area contributed by atoms with Crippen molar-refractivity contribution in [3.05, 3.63) is 77.1 Å². The summed E-state index contributed by atoms with van der Waals surface area (Å²) in [7, 11) is 0. The van der Waals surface area contributed by atoms with Gasteiger partial charge < -0.3 is 10.6 Å². The highest BCUT2D eigenvalue weighted by Crippen LogP contribution is 2.21. The molecule has 0 unspecified atom stereocenters. The van der Waals surface area contributed by atoms with Crippen molar-refractivity contribution >= 4 is 23.2 Å². The Kier molecular flexibility index (Phi) is 5.02. The van der Waals surface area contributed by atoms with Crippen LogP contribution in [0.5, 0.6) is 0 Å². The van der Waals surface area contributed by atoms with Crippen LogP contribution in [0.25, 0.3) is 0 Å². The number of anilines is 3. The van der Waals surface area contributed by atoms with Crippen molar-refractivity contribution in [2.45, 2.75) is 6.92 Å². The summed E-state index contributed by atoms with van der Waals surface area (Å²) in [5.74, 6) is -5.78. The van der Waals surface area contributed by atoms with Crippen LogP contribution in [0.1, 0.15) is 16.2 Å². The lowest BCUT2D eigenvalue weighted by atomic mass is 10.2. The molecule has 0 spiro atoms. The van der Waals surface area contributed by atoms with E-state index in [4.69, 9.17) is 0 Å². The Morgan fingerprint density at radius 1 is 0.926 bits per heavy atom. The molecule has 9 heteroatoms. The maximum atomic E-state index is 13.7. The van der Waals surface area contributed by atoms with Crippen LogP contribution < -0.4 is 10.6 Å². The fraction of sp³-hybridized carbons (Fsp3) is 0.0556. The van der Waals surface area contributed by atoms with Gasteiger partial charge >= 0.3 is 0 Å². The molecule has 0 saturated heterocycles. The highest BCUT2D eigenvalue weighted by atomic mass is 19.2. The van der Waals surface area contributed by atoms with Gasteiger partial charge in [-0.05, 0) is 49.4 Å². The van der Waals surface area contributed by atoms with Crippen molar-refractivity contribution in [3.8, 4) is 0 Å². The maximum Gasteiger partial charge on any atom is 0.274 e. The molecule has 138 valence electrons. The third kappa shape index (κ3) is 4.20. The lowest BCUT2D eigenvalue weighted by molar-refractivity contribution is 0.102. The number of aromatic nitrogens is 2. The molecule has 1 amide bonds. The number of halogens is 4. The zero-order valence-electron chi connectivity index (χ0n) is 13.9. The standard InChI is InChI=1S/C18H12F4N4O/c1-9-8-14(17(27)25-13-7-6-12(20)15(21)16(13)22)26-18(23-9)24-11-4-2-10(19)3-5-11/h2-8H,1H3,(H,25,27)(H,23,24,26). The first-order chi connectivity index (χ1) is 12.8. The molecule has 0 saturated carbocycles. The normalized spacial score (nSPS) is 10.6. The van der Waals surface area contributed by atoms with E-state index in [0.29, 0.717) is 17.4 Å². The molecule has 2 N–H and O–H groups in total. The minimum absolute atomic E-state index is 0.0533. The van der Waals surface area contributed by atoms with E-state index in [1.54, 1.807) is 6.92 Å². The van der Waals surface area contributed by atoms with Gasteiger partial charge in [-0.1, -0.05) is 0 Å². The summed E-state index contributed by atoms with van der Waals surface area (Å²) < 4.78 is 52.9. The minimum Gasteiger partial charge on any atom is -0.324 e. The lowest BCUT2D eigenvalue weighted by Gasteiger charge is -2.10. The summed E-state index contributed by atoms with van der Waals surface area (Å²) in [6.45, 7) is 1.60. The van der Waals surface area contributed by atoms with Crippen molar-refractivity contribution in [1.29, 1.82) is 0 Å². The molecule has 1 heterocycles. The SMILES string of the molecule is Cc1cc(C(=O)Nc2ccc(F)c(F)c2F)nc(Nc2ccc(F)cc2)n1. The van der Waals surface area contributed by atoms with Gasteiger partial charge in [-0.25, -0.2) is 27.5 Å². The van der Waals surface area contributed by atoms with E-state index in [9.17, 15) is 22.4 Å². The first-order valence-corrected chi connectivity index (χ1v) is 7.66. The molecule has 0 aliphatic carbocycles. The number of aryl methyl sites for hydroxylation is 1. The van der Waals surface area contributed by atoms with Gasteiger partial charge in [-0.15, -0.1) is 0 Å². The van der Waals surface area contributed by atoms with Gasteiger partial charge in [0.2, 0.25) is 5.95 Å². The van der Waals surface area contributed by atoms with Crippen molar-refractivity contribution in [2.24, 2.45) is 0 Å². The van der Waals surface area contributed by atoms with Gasteiger partial charge in [0.15, 0.2) is 17.5 Å². The number of hydrogen-bond acceptors (Lipinski definition) is 4. The predicted octanol–water partition coefficient (Wildman–Crippen LogP) is 4.34. The Balaban J connectivity index is 1.84. The molecule has 0 radical (unpaired) electrons. The molecule has 0 aliphatic rings. The molecule has 1 aromatic heterocycles. The van der Waals surface area contributed by atoms with Crippen LogP contribution in [-0.2, 0) is 0 Å². The van der Waals surface area contributed by atoms with Gasteiger partial charge in [0.25, 0.3) is 5.91 Å². The van der Waals surface area contributed by atoms with Crippen molar-refractivity contribution in [1.82, 2.24) is 9.97 Å². The average molecular weight is 376 g/mol. The number of carbonyl (C=O) groups is 1. The fourth-order valence-corrected chi connectivity index (χ4v) is 2.21. The molecule has 2 aromatic carbocycles. The van der Waals surface area contributed by atoms with Crippen LogP contribution in [-0.4, -0.2) is 15.9 Å². The Morgan fingerprint density at radius 2 is 1.63 bits per heavy atom. The number of hydrogen-bond donors (Lipinski definition) is 2. The van der Waals surface area contributed by atoms with E-state index < -0.39 is 34.9 Å². The van der Waals surface area contributed by atoms with Gasteiger partial charge in [0.1, 0.15) is 11.5 Å². The lowest BCUT2D eigenvalue weighted by Crippen LogP contribution is -2.17. The molecule has 0 aliphatic heterocycles. The third-order valence-electron chi connectivity index (χ3n) is 3.47. The van der Waals surface area contributed by atoms with Crippen molar-refractivity contribution < 1.29 is 22.4 Å². The first kappa shape index (κ1) is 18.3. The van der Waals surface area contributed by atoms with Crippen LogP contribution in [0.2, 0.25) is 0 Å². The number of nitrogens with one attached hydrogen (secondary N) is 2. The van der Waals surface area contributed by atoms with E-state index >= 15 is 0 Å². The summed E-state index contributed by atoms with van der Waals surface area (Å²) >= 11 is 0. The maximum absolute atomic E-state index is 13.7. The summed E-state index contributed by atoms with van der Waals surface area (Å²) in [5.41, 5.74) is 0.255. The second-order valence-electron chi connectivity index (χ2n) is 5.53. The van der Waals surface area contributed by atoms with Gasteiger partial charge in [0, 0.05) is 11.4 Å². The summed E-state index contributed by atoms with van der Waals surface area (Å²) in [6, 6.07) is 8.31. The predicted molar refractivity (Wildman–Crippen MR) is 90.7 cm³/mol. The molecule has 27 heavy (non-hydrogen) atoms. The number of benzene rings is 2. The highest BCUT2D eigenvalue weighted by molar-refractivity contribution is 6.03. The molecule has 0 fully saturated rings. The highest BCUT2D eigenvalue weighted by Gasteiger charge is 2.17. The zero-order valence-corrected chi connectivity index (χ0v) is 13.9. The van der Waals surface area contributed by atoms with E-state index in [0.717, 1.165) is 6.07 Å². The average Bonchev–Trinajstić information content (AvgIpc) is 2.63. The second kappa shape index (κ2) is 7.40. The minimum atomic E-state index is -1.69.